The molecule has 20 heavy (non-hydrogen) atoms. The molecular weight excluding hydrogens is 311 g/mol. The summed E-state index contributed by atoms with van der Waals surface area (Å²) in [4.78, 5) is 0. The van der Waals surface area contributed by atoms with Crippen LogP contribution >= 0.6 is 35.4 Å². The predicted octanol–water partition coefficient (Wildman–Crippen LogP) is 4.16. The van der Waals surface area contributed by atoms with Crippen molar-refractivity contribution in [1.29, 1.82) is 0 Å². The smallest absolute Gasteiger partial charge is 0.166 e. The number of benzene rings is 2. The molecule has 0 amide bonds. The van der Waals surface area contributed by atoms with Crippen LogP contribution in [0.2, 0.25) is 10.0 Å². The van der Waals surface area contributed by atoms with Crippen molar-refractivity contribution in [3.05, 3.63) is 69.7 Å². The fraction of sp³-hybridized carbons (Fsp3) is 0.133. The summed E-state index contributed by atoms with van der Waals surface area (Å²) in [7, 11) is 0. The van der Waals surface area contributed by atoms with Crippen LogP contribution < -0.4 is 10.6 Å². The molecule has 0 unspecified atom stereocenters. The van der Waals surface area contributed by atoms with E-state index in [1.54, 1.807) is 0 Å². The Morgan fingerprint density at radius 2 is 1.30 bits per heavy atom. The molecule has 0 aliphatic carbocycles. The van der Waals surface area contributed by atoms with Gasteiger partial charge in [-0.05, 0) is 47.6 Å². The van der Waals surface area contributed by atoms with E-state index in [4.69, 9.17) is 35.4 Å². The van der Waals surface area contributed by atoms with Gasteiger partial charge < -0.3 is 10.6 Å². The van der Waals surface area contributed by atoms with E-state index in [1.807, 2.05) is 48.5 Å². The van der Waals surface area contributed by atoms with Crippen molar-refractivity contribution < 1.29 is 0 Å². The van der Waals surface area contributed by atoms with Gasteiger partial charge in [-0.15, -0.1) is 0 Å². The maximum atomic E-state index is 5.93. The van der Waals surface area contributed by atoms with E-state index in [0.29, 0.717) is 18.2 Å². The molecule has 0 aliphatic rings. The third-order valence-electron chi connectivity index (χ3n) is 2.68. The molecule has 2 N–H and O–H groups in total. The van der Waals surface area contributed by atoms with Crippen LogP contribution in [0.3, 0.4) is 0 Å². The third-order valence-corrected chi connectivity index (χ3v) is 3.44. The topological polar surface area (TPSA) is 24.1 Å². The second kappa shape index (κ2) is 7.48. The van der Waals surface area contributed by atoms with E-state index in [0.717, 1.165) is 21.2 Å². The standard InChI is InChI=1S/C15H14Cl2N2S/c16-13-5-1-3-11(7-13)9-18-15(20)19-10-12-4-2-6-14(17)8-12/h1-8H,9-10H2,(H2,18,19,20). The molecule has 0 heterocycles. The van der Waals surface area contributed by atoms with Crippen LogP contribution in [0.15, 0.2) is 48.5 Å². The Morgan fingerprint density at radius 1 is 0.850 bits per heavy atom. The molecule has 2 aromatic carbocycles. The van der Waals surface area contributed by atoms with Gasteiger partial charge in [0, 0.05) is 23.1 Å². The molecule has 2 nitrogen and oxygen atoms in total. The number of hydrogen-bond donors (Lipinski definition) is 2. The highest BCUT2D eigenvalue weighted by Crippen LogP contribution is 2.11. The van der Waals surface area contributed by atoms with E-state index in [2.05, 4.69) is 10.6 Å². The van der Waals surface area contributed by atoms with E-state index < -0.39 is 0 Å². The van der Waals surface area contributed by atoms with E-state index in [-0.39, 0.29) is 0 Å². The molecule has 0 saturated carbocycles. The largest absolute Gasteiger partial charge is 0.359 e. The molecule has 0 fully saturated rings. The number of nitrogens with one attached hydrogen (secondary N) is 2. The quantitative estimate of drug-likeness (QED) is 0.826. The summed E-state index contributed by atoms with van der Waals surface area (Å²) < 4.78 is 0. The summed E-state index contributed by atoms with van der Waals surface area (Å²) in [6, 6.07) is 15.4. The molecule has 0 spiro atoms. The molecule has 0 aromatic heterocycles. The van der Waals surface area contributed by atoms with Crippen molar-refractivity contribution in [1.82, 2.24) is 10.6 Å². The number of hydrogen-bond acceptors (Lipinski definition) is 1. The average molecular weight is 325 g/mol. The third kappa shape index (κ3) is 5.00. The highest BCUT2D eigenvalue weighted by Gasteiger charge is 1.99. The van der Waals surface area contributed by atoms with Crippen LogP contribution in [0.5, 0.6) is 0 Å². The van der Waals surface area contributed by atoms with Crippen molar-refractivity contribution in [2.75, 3.05) is 0 Å². The first-order valence-electron chi connectivity index (χ1n) is 6.14. The second-order valence-electron chi connectivity index (χ2n) is 4.30. The Kier molecular flexibility index (Phi) is 5.65. The minimum absolute atomic E-state index is 0.602. The zero-order chi connectivity index (χ0) is 14.4. The normalized spacial score (nSPS) is 10.1. The minimum atomic E-state index is 0.602. The van der Waals surface area contributed by atoms with Gasteiger partial charge >= 0.3 is 0 Å². The van der Waals surface area contributed by atoms with Crippen LogP contribution in [0.1, 0.15) is 11.1 Å². The van der Waals surface area contributed by atoms with Gasteiger partial charge in [0.2, 0.25) is 0 Å². The Morgan fingerprint density at radius 3 is 1.70 bits per heavy atom. The van der Waals surface area contributed by atoms with E-state index in [9.17, 15) is 0 Å². The number of thiocarbonyl (C=S) groups is 1. The van der Waals surface area contributed by atoms with Gasteiger partial charge in [-0.1, -0.05) is 47.5 Å². The van der Waals surface area contributed by atoms with Crippen LogP contribution in [0.25, 0.3) is 0 Å². The summed E-state index contributed by atoms with van der Waals surface area (Å²) in [6.07, 6.45) is 0. The zero-order valence-corrected chi connectivity index (χ0v) is 13.0. The number of rotatable bonds is 4. The SMILES string of the molecule is S=C(NCc1cccc(Cl)c1)NCc1cccc(Cl)c1. The van der Waals surface area contributed by atoms with Crippen LogP contribution in [0, 0.1) is 0 Å². The Hall–Kier alpha value is -1.29. The molecular formula is C15H14Cl2N2S. The summed E-state index contributed by atoms with van der Waals surface area (Å²) in [5, 5.41) is 8.33. The highest BCUT2D eigenvalue weighted by atomic mass is 35.5. The Bertz CT molecular complexity index is 550. The summed E-state index contributed by atoms with van der Waals surface area (Å²) in [6.45, 7) is 1.28. The van der Waals surface area contributed by atoms with E-state index >= 15 is 0 Å². The van der Waals surface area contributed by atoms with E-state index in [1.165, 1.54) is 0 Å². The summed E-state index contributed by atoms with van der Waals surface area (Å²) in [5.41, 5.74) is 2.17. The maximum Gasteiger partial charge on any atom is 0.166 e. The van der Waals surface area contributed by atoms with Crippen molar-refractivity contribution in [3.8, 4) is 0 Å². The number of halogens is 2. The first-order valence-corrected chi connectivity index (χ1v) is 7.30. The molecule has 2 rings (SSSR count). The van der Waals surface area contributed by atoms with Crippen LogP contribution in [-0.2, 0) is 13.1 Å². The van der Waals surface area contributed by atoms with Crippen LogP contribution in [0.4, 0.5) is 0 Å². The Balaban J connectivity index is 1.78. The van der Waals surface area contributed by atoms with Gasteiger partial charge in [-0.3, -0.25) is 0 Å². The van der Waals surface area contributed by atoms with Gasteiger partial charge in [0.15, 0.2) is 5.11 Å². The molecule has 104 valence electrons. The maximum absolute atomic E-state index is 5.93. The lowest BCUT2D eigenvalue weighted by Gasteiger charge is -2.11. The lowest BCUT2D eigenvalue weighted by atomic mass is 10.2. The fourth-order valence-electron chi connectivity index (χ4n) is 1.72. The molecule has 0 atom stereocenters. The first-order chi connectivity index (χ1) is 9.63. The average Bonchev–Trinajstić information content (AvgIpc) is 2.43. The van der Waals surface area contributed by atoms with Crippen molar-refractivity contribution in [2.45, 2.75) is 13.1 Å². The lowest BCUT2D eigenvalue weighted by molar-refractivity contribution is 0.833. The molecule has 2 aromatic rings. The predicted molar refractivity (Wildman–Crippen MR) is 89.2 cm³/mol. The monoisotopic (exact) mass is 324 g/mol. The lowest BCUT2D eigenvalue weighted by Crippen LogP contribution is -2.34. The molecule has 0 radical (unpaired) electrons. The molecule has 5 heteroatoms. The van der Waals surface area contributed by atoms with Crippen molar-refractivity contribution >= 4 is 40.5 Å². The zero-order valence-electron chi connectivity index (χ0n) is 10.7. The van der Waals surface area contributed by atoms with Gasteiger partial charge in [-0.2, -0.15) is 0 Å². The first kappa shape index (κ1) is 15.1. The highest BCUT2D eigenvalue weighted by molar-refractivity contribution is 7.80. The summed E-state index contributed by atoms with van der Waals surface area (Å²) >= 11 is 17.1. The fourth-order valence-corrected chi connectivity index (χ4v) is 2.29. The Labute approximate surface area is 134 Å². The van der Waals surface area contributed by atoms with Crippen molar-refractivity contribution in [3.63, 3.8) is 0 Å². The molecule has 0 bridgehead atoms. The van der Waals surface area contributed by atoms with Crippen molar-refractivity contribution in [2.24, 2.45) is 0 Å². The minimum Gasteiger partial charge on any atom is -0.359 e. The van der Waals surface area contributed by atoms with Gasteiger partial charge in [0.25, 0.3) is 0 Å². The van der Waals surface area contributed by atoms with Gasteiger partial charge in [0.05, 0.1) is 0 Å². The molecule has 0 saturated heterocycles. The van der Waals surface area contributed by atoms with Gasteiger partial charge in [0.1, 0.15) is 0 Å². The molecule has 0 aliphatic heterocycles. The van der Waals surface area contributed by atoms with Crippen LogP contribution in [-0.4, -0.2) is 5.11 Å². The van der Waals surface area contributed by atoms with Gasteiger partial charge in [-0.25, -0.2) is 0 Å². The second-order valence-corrected chi connectivity index (χ2v) is 5.58. The summed E-state index contributed by atoms with van der Waals surface area (Å²) in [5.74, 6) is 0.